The third-order valence-corrected chi connectivity index (χ3v) is 4.36. The molecule has 0 spiro atoms. The van der Waals surface area contributed by atoms with Gasteiger partial charge in [-0.25, -0.2) is 0 Å². The molecule has 0 aliphatic carbocycles. The van der Waals surface area contributed by atoms with Gasteiger partial charge in [0.05, 0.1) is 5.41 Å². The minimum Gasteiger partial charge on any atom is -0.481 e. The monoisotopic (exact) mass is 339 g/mol. The molecule has 1 rings (SSSR count). The Labute approximate surface area is 143 Å². The number of aromatic nitrogens is 2. The van der Waals surface area contributed by atoms with E-state index in [1.54, 1.807) is 0 Å². The second-order valence-corrected chi connectivity index (χ2v) is 7.18. The van der Waals surface area contributed by atoms with Gasteiger partial charge in [0.2, 0.25) is 11.8 Å². The standard InChI is InChI=1S/C17H29N3O4/c1-6-17(7-2,15(22)23)11-18-12(21)9-8-10-13-19-14(20-24-13)16(3,4)5/h6-11H2,1-5H3,(H,18,21)(H,22,23). The summed E-state index contributed by atoms with van der Waals surface area (Å²) in [6.07, 6.45) is 2.38. The highest BCUT2D eigenvalue weighted by atomic mass is 16.5. The summed E-state index contributed by atoms with van der Waals surface area (Å²) >= 11 is 0. The van der Waals surface area contributed by atoms with Crippen LogP contribution >= 0.6 is 0 Å². The summed E-state index contributed by atoms with van der Waals surface area (Å²) in [6, 6.07) is 0. The molecule has 0 atom stereocenters. The van der Waals surface area contributed by atoms with Crippen LogP contribution in [0.2, 0.25) is 0 Å². The fraction of sp³-hybridized carbons (Fsp3) is 0.765. The summed E-state index contributed by atoms with van der Waals surface area (Å²) in [5.41, 5.74) is -1.05. The van der Waals surface area contributed by atoms with Crippen LogP contribution in [-0.4, -0.2) is 33.7 Å². The van der Waals surface area contributed by atoms with Crippen molar-refractivity contribution in [1.82, 2.24) is 15.5 Å². The van der Waals surface area contributed by atoms with Gasteiger partial charge in [0.25, 0.3) is 0 Å². The minimum atomic E-state index is -0.885. The SMILES string of the molecule is CCC(CC)(CNC(=O)CCCc1nc(C(C)(C)C)no1)C(=O)O. The zero-order chi connectivity index (χ0) is 18.4. The first-order chi connectivity index (χ1) is 11.1. The number of carbonyl (C=O) groups excluding carboxylic acids is 1. The first-order valence-electron chi connectivity index (χ1n) is 8.47. The number of carboxylic acids is 1. The molecule has 1 aromatic rings. The van der Waals surface area contributed by atoms with Crippen molar-refractivity contribution in [2.75, 3.05) is 6.54 Å². The first-order valence-corrected chi connectivity index (χ1v) is 8.47. The molecule has 0 bridgehead atoms. The number of carbonyl (C=O) groups is 2. The highest BCUT2D eigenvalue weighted by Crippen LogP contribution is 2.25. The van der Waals surface area contributed by atoms with Gasteiger partial charge in [-0.2, -0.15) is 4.98 Å². The molecule has 0 aliphatic heterocycles. The Bertz CT molecular complexity index is 556. The Morgan fingerprint density at radius 3 is 2.29 bits per heavy atom. The fourth-order valence-electron chi connectivity index (χ4n) is 2.30. The molecule has 0 fully saturated rings. The minimum absolute atomic E-state index is 0.155. The van der Waals surface area contributed by atoms with E-state index in [9.17, 15) is 14.7 Å². The van der Waals surface area contributed by atoms with E-state index in [4.69, 9.17) is 4.52 Å². The number of aryl methyl sites for hydroxylation is 1. The van der Waals surface area contributed by atoms with Gasteiger partial charge in [-0.1, -0.05) is 39.8 Å². The van der Waals surface area contributed by atoms with E-state index in [0.717, 1.165) is 0 Å². The van der Waals surface area contributed by atoms with Crippen LogP contribution in [0.5, 0.6) is 0 Å². The van der Waals surface area contributed by atoms with E-state index in [-0.39, 0.29) is 17.9 Å². The van der Waals surface area contributed by atoms with Crippen molar-refractivity contribution in [3.05, 3.63) is 11.7 Å². The van der Waals surface area contributed by atoms with E-state index < -0.39 is 11.4 Å². The zero-order valence-corrected chi connectivity index (χ0v) is 15.3. The van der Waals surface area contributed by atoms with Crippen molar-refractivity contribution >= 4 is 11.9 Å². The summed E-state index contributed by atoms with van der Waals surface area (Å²) in [5.74, 6) is 0.153. The van der Waals surface area contributed by atoms with Gasteiger partial charge in [-0.3, -0.25) is 9.59 Å². The molecule has 7 heteroatoms. The second-order valence-electron chi connectivity index (χ2n) is 7.18. The molecular weight excluding hydrogens is 310 g/mol. The summed E-state index contributed by atoms with van der Waals surface area (Å²) in [4.78, 5) is 27.7. The molecule has 0 saturated carbocycles. The number of hydrogen-bond donors (Lipinski definition) is 2. The molecule has 24 heavy (non-hydrogen) atoms. The maximum Gasteiger partial charge on any atom is 0.311 e. The highest BCUT2D eigenvalue weighted by Gasteiger charge is 2.35. The van der Waals surface area contributed by atoms with Crippen molar-refractivity contribution in [2.45, 2.75) is 72.1 Å². The highest BCUT2D eigenvalue weighted by molar-refractivity contribution is 5.79. The maximum absolute atomic E-state index is 11.9. The van der Waals surface area contributed by atoms with Crippen LogP contribution in [0, 0.1) is 5.41 Å². The van der Waals surface area contributed by atoms with E-state index in [1.165, 1.54) is 0 Å². The molecule has 0 aromatic carbocycles. The quantitative estimate of drug-likeness (QED) is 0.716. The lowest BCUT2D eigenvalue weighted by Gasteiger charge is -2.26. The lowest BCUT2D eigenvalue weighted by molar-refractivity contribution is -0.149. The third kappa shape index (κ3) is 5.32. The Kier molecular flexibility index (Phi) is 6.93. The second kappa shape index (κ2) is 8.26. The Morgan fingerprint density at radius 1 is 1.21 bits per heavy atom. The molecule has 0 aliphatic rings. The predicted octanol–water partition coefficient (Wildman–Crippen LogP) is 2.70. The number of nitrogens with zero attached hydrogens (tertiary/aromatic N) is 2. The van der Waals surface area contributed by atoms with Crippen molar-refractivity contribution in [2.24, 2.45) is 5.41 Å². The van der Waals surface area contributed by atoms with Crippen LogP contribution in [0.4, 0.5) is 0 Å². The average Bonchev–Trinajstić information content (AvgIpc) is 2.97. The Morgan fingerprint density at radius 2 is 1.83 bits per heavy atom. The van der Waals surface area contributed by atoms with Gasteiger partial charge >= 0.3 is 5.97 Å². The molecule has 2 N–H and O–H groups in total. The van der Waals surface area contributed by atoms with Gasteiger partial charge in [0.1, 0.15) is 0 Å². The van der Waals surface area contributed by atoms with Gasteiger partial charge in [-0.15, -0.1) is 0 Å². The summed E-state index contributed by atoms with van der Waals surface area (Å²) in [5, 5.41) is 16.0. The van der Waals surface area contributed by atoms with Crippen molar-refractivity contribution < 1.29 is 19.2 Å². The van der Waals surface area contributed by atoms with Crippen molar-refractivity contribution in [3.63, 3.8) is 0 Å². The van der Waals surface area contributed by atoms with Crippen LogP contribution in [0.1, 0.15) is 72.0 Å². The van der Waals surface area contributed by atoms with Crippen molar-refractivity contribution in [1.29, 1.82) is 0 Å². The lowest BCUT2D eigenvalue weighted by Crippen LogP contribution is -2.42. The molecule has 0 unspecified atom stereocenters. The number of carboxylic acid groups (broad SMARTS) is 1. The fourth-order valence-corrected chi connectivity index (χ4v) is 2.30. The molecule has 7 nitrogen and oxygen atoms in total. The summed E-state index contributed by atoms with van der Waals surface area (Å²) in [7, 11) is 0. The maximum atomic E-state index is 11.9. The summed E-state index contributed by atoms with van der Waals surface area (Å²) in [6.45, 7) is 9.82. The van der Waals surface area contributed by atoms with Crippen LogP contribution in [0.25, 0.3) is 0 Å². The van der Waals surface area contributed by atoms with E-state index in [2.05, 4.69) is 15.5 Å². The molecule has 136 valence electrons. The average molecular weight is 339 g/mol. The van der Waals surface area contributed by atoms with Crippen LogP contribution in [0.15, 0.2) is 4.52 Å². The molecule has 1 heterocycles. The molecule has 1 aromatic heterocycles. The molecule has 1 amide bonds. The van der Waals surface area contributed by atoms with Crippen LogP contribution in [-0.2, 0) is 21.4 Å². The Hall–Kier alpha value is -1.92. The van der Waals surface area contributed by atoms with Gasteiger partial charge in [0.15, 0.2) is 5.82 Å². The zero-order valence-electron chi connectivity index (χ0n) is 15.3. The van der Waals surface area contributed by atoms with E-state index in [1.807, 2.05) is 34.6 Å². The van der Waals surface area contributed by atoms with E-state index >= 15 is 0 Å². The van der Waals surface area contributed by atoms with E-state index in [0.29, 0.717) is 43.8 Å². The Balaban J connectivity index is 2.42. The number of amides is 1. The van der Waals surface area contributed by atoms with Crippen molar-refractivity contribution in [3.8, 4) is 0 Å². The van der Waals surface area contributed by atoms with Gasteiger partial charge in [0, 0.05) is 24.8 Å². The number of nitrogens with one attached hydrogen (secondary N) is 1. The number of aliphatic carboxylic acids is 1. The van der Waals surface area contributed by atoms with Crippen LogP contribution in [0.3, 0.4) is 0 Å². The summed E-state index contributed by atoms with van der Waals surface area (Å²) < 4.78 is 5.18. The predicted molar refractivity (Wildman–Crippen MR) is 89.6 cm³/mol. The lowest BCUT2D eigenvalue weighted by atomic mass is 9.82. The topological polar surface area (TPSA) is 105 Å². The van der Waals surface area contributed by atoms with Crippen LogP contribution < -0.4 is 5.32 Å². The third-order valence-electron chi connectivity index (χ3n) is 4.36. The first kappa shape index (κ1) is 20.1. The molecular formula is C17H29N3O4. The molecule has 0 radical (unpaired) electrons. The molecule has 0 saturated heterocycles. The van der Waals surface area contributed by atoms with Gasteiger partial charge in [-0.05, 0) is 19.3 Å². The number of hydrogen-bond acceptors (Lipinski definition) is 5. The largest absolute Gasteiger partial charge is 0.481 e. The normalized spacial score (nSPS) is 12.2. The number of rotatable bonds is 9. The van der Waals surface area contributed by atoms with Gasteiger partial charge < -0.3 is 14.9 Å². The smallest absolute Gasteiger partial charge is 0.311 e.